The predicted molar refractivity (Wildman–Crippen MR) is 85.9 cm³/mol. The molecule has 2 aromatic rings. The average molecular weight is 336 g/mol. The van der Waals surface area contributed by atoms with Crippen LogP contribution in [0.4, 0.5) is 0 Å². The number of aromatic nitrogens is 2. The number of fused-ring (bicyclic) bond motifs is 1. The van der Waals surface area contributed by atoms with Crippen molar-refractivity contribution in [2.75, 3.05) is 6.79 Å². The highest BCUT2D eigenvalue weighted by Gasteiger charge is 2.22. The summed E-state index contributed by atoms with van der Waals surface area (Å²) in [5.74, 6) is 0.820. The van der Waals surface area contributed by atoms with Gasteiger partial charge in [-0.15, -0.1) is 0 Å². The molecule has 0 bridgehead atoms. The number of carbonyl (C=O) groups is 1. The van der Waals surface area contributed by atoms with Crippen LogP contribution in [-0.4, -0.2) is 22.9 Å². The van der Waals surface area contributed by atoms with Crippen LogP contribution in [0.15, 0.2) is 12.1 Å². The molecule has 2 heterocycles. The third-order valence-corrected chi connectivity index (χ3v) is 4.25. The van der Waals surface area contributed by atoms with Gasteiger partial charge in [-0.25, -0.2) is 0 Å². The zero-order chi connectivity index (χ0) is 16.6. The Hall–Kier alpha value is -2.21. The third kappa shape index (κ3) is 2.99. The second-order valence-electron chi connectivity index (χ2n) is 5.60. The number of carbonyl (C=O) groups excluding carboxylic acids is 1. The molecule has 0 spiro atoms. The summed E-state index contributed by atoms with van der Waals surface area (Å²) in [5.41, 5.74) is 3.55. The van der Waals surface area contributed by atoms with Crippen molar-refractivity contribution in [1.82, 2.24) is 15.5 Å². The van der Waals surface area contributed by atoms with Crippen LogP contribution in [0.5, 0.6) is 11.5 Å². The maximum Gasteiger partial charge on any atom is 0.231 e. The summed E-state index contributed by atoms with van der Waals surface area (Å²) in [6.07, 6.45) is 0. The lowest BCUT2D eigenvalue weighted by Gasteiger charge is -2.13. The van der Waals surface area contributed by atoms with E-state index >= 15 is 0 Å². The Kier molecular flexibility index (Phi) is 4.17. The van der Waals surface area contributed by atoms with Gasteiger partial charge in [-0.2, -0.15) is 5.10 Å². The number of H-pyrrole nitrogens is 1. The summed E-state index contributed by atoms with van der Waals surface area (Å²) in [7, 11) is 0. The van der Waals surface area contributed by atoms with E-state index in [-0.39, 0.29) is 18.6 Å². The number of hydrogen-bond acceptors (Lipinski definition) is 4. The molecule has 3 rings (SSSR count). The van der Waals surface area contributed by atoms with Crippen LogP contribution in [0, 0.1) is 13.8 Å². The van der Waals surface area contributed by atoms with Gasteiger partial charge in [0.25, 0.3) is 0 Å². The number of halogens is 1. The van der Waals surface area contributed by atoms with Crippen molar-refractivity contribution in [3.05, 3.63) is 39.7 Å². The highest BCUT2D eigenvalue weighted by Crippen LogP contribution is 2.39. The molecular formula is C16H18ClN3O3. The van der Waals surface area contributed by atoms with Crippen LogP contribution in [0.3, 0.4) is 0 Å². The van der Waals surface area contributed by atoms with Gasteiger partial charge in [-0.05, 0) is 38.5 Å². The molecular weight excluding hydrogens is 318 g/mol. The van der Waals surface area contributed by atoms with Crippen LogP contribution < -0.4 is 14.8 Å². The molecule has 6 nitrogen and oxygen atoms in total. The Balaban J connectivity index is 1.69. The van der Waals surface area contributed by atoms with Gasteiger partial charge in [-0.1, -0.05) is 11.6 Å². The van der Waals surface area contributed by atoms with Crippen LogP contribution in [0.25, 0.3) is 0 Å². The second kappa shape index (κ2) is 6.12. The van der Waals surface area contributed by atoms with Crippen LogP contribution in [0.2, 0.25) is 5.02 Å². The number of amides is 1. The van der Waals surface area contributed by atoms with Crippen molar-refractivity contribution in [1.29, 1.82) is 0 Å². The number of aryl methyl sites for hydroxylation is 2. The fourth-order valence-corrected chi connectivity index (χ4v) is 3.08. The number of nitrogens with one attached hydrogen (secondary N) is 2. The quantitative estimate of drug-likeness (QED) is 0.900. The molecule has 0 radical (unpaired) electrons. The van der Waals surface area contributed by atoms with Crippen LogP contribution >= 0.6 is 11.6 Å². The summed E-state index contributed by atoms with van der Waals surface area (Å²) >= 11 is 6.15. The van der Waals surface area contributed by atoms with E-state index in [4.69, 9.17) is 21.1 Å². The number of ether oxygens (including phenoxy) is 2. The van der Waals surface area contributed by atoms with E-state index in [0.717, 1.165) is 22.5 Å². The van der Waals surface area contributed by atoms with E-state index in [1.165, 1.54) is 0 Å². The molecule has 1 aliphatic heterocycles. The molecule has 23 heavy (non-hydrogen) atoms. The minimum Gasteiger partial charge on any atom is -0.454 e. The van der Waals surface area contributed by atoms with Crippen molar-refractivity contribution in [2.45, 2.75) is 33.2 Å². The maximum absolute atomic E-state index is 12.4. The van der Waals surface area contributed by atoms with Gasteiger partial charge in [0, 0.05) is 17.8 Å². The SMILES string of the molecule is Cc1n[nH]c(C)c1C(C)C(=O)NCc1cc(Cl)c2c(c1)OCO2. The summed E-state index contributed by atoms with van der Waals surface area (Å²) in [6.45, 7) is 6.21. The van der Waals surface area contributed by atoms with Gasteiger partial charge in [0.1, 0.15) is 0 Å². The molecule has 1 aliphatic rings. The van der Waals surface area contributed by atoms with Gasteiger partial charge in [0.2, 0.25) is 12.7 Å². The molecule has 1 aromatic heterocycles. The lowest BCUT2D eigenvalue weighted by Crippen LogP contribution is -2.28. The first-order chi connectivity index (χ1) is 11.0. The van der Waals surface area contributed by atoms with E-state index in [1.807, 2.05) is 26.8 Å². The molecule has 7 heteroatoms. The number of aromatic amines is 1. The van der Waals surface area contributed by atoms with Gasteiger partial charge in [0.15, 0.2) is 11.5 Å². The first-order valence-corrected chi connectivity index (χ1v) is 7.72. The lowest BCUT2D eigenvalue weighted by atomic mass is 9.98. The Bertz CT molecular complexity index is 738. The van der Waals surface area contributed by atoms with Crippen molar-refractivity contribution in [3.63, 3.8) is 0 Å². The Morgan fingerprint density at radius 1 is 1.43 bits per heavy atom. The molecule has 1 unspecified atom stereocenters. The van der Waals surface area contributed by atoms with Crippen molar-refractivity contribution in [3.8, 4) is 11.5 Å². The summed E-state index contributed by atoms with van der Waals surface area (Å²) in [6, 6.07) is 3.60. The average Bonchev–Trinajstić information content (AvgIpc) is 3.11. The smallest absolute Gasteiger partial charge is 0.231 e. The van der Waals surface area contributed by atoms with Gasteiger partial charge in [0.05, 0.1) is 16.6 Å². The minimum atomic E-state index is -0.279. The van der Waals surface area contributed by atoms with E-state index in [9.17, 15) is 4.79 Å². The molecule has 0 saturated carbocycles. The number of rotatable bonds is 4. The fraction of sp³-hybridized carbons (Fsp3) is 0.375. The first kappa shape index (κ1) is 15.7. The second-order valence-corrected chi connectivity index (χ2v) is 6.01. The molecule has 122 valence electrons. The standard InChI is InChI=1S/C16H18ClN3O3/c1-8(14-9(2)19-20-10(14)3)16(21)18-6-11-4-12(17)15-13(5-11)22-7-23-15/h4-5,8H,6-7H2,1-3H3,(H,18,21)(H,19,20). The van der Waals surface area contributed by atoms with Gasteiger partial charge >= 0.3 is 0 Å². The molecule has 0 aliphatic carbocycles. The Morgan fingerprint density at radius 3 is 2.91 bits per heavy atom. The molecule has 0 fully saturated rings. The maximum atomic E-state index is 12.4. The third-order valence-electron chi connectivity index (χ3n) is 3.97. The van der Waals surface area contributed by atoms with E-state index < -0.39 is 0 Å². The van der Waals surface area contributed by atoms with Crippen LogP contribution in [0.1, 0.15) is 35.4 Å². The van der Waals surface area contributed by atoms with Crippen LogP contribution in [-0.2, 0) is 11.3 Å². The molecule has 1 aromatic carbocycles. The monoisotopic (exact) mass is 335 g/mol. The largest absolute Gasteiger partial charge is 0.454 e. The molecule has 1 atom stereocenters. The predicted octanol–water partition coefficient (Wildman–Crippen LogP) is 2.83. The van der Waals surface area contributed by atoms with E-state index in [2.05, 4.69) is 15.5 Å². The molecule has 1 amide bonds. The first-order valence-electron chi connectivity index (χ1n) is 7.34. The van der Waals surface area contributed by atoms with Crippen molar-refractivity contribution in [2.24, 2.45) is 0 Å². The summed E-state index contributed by atoms with van der Waals surface area (Å²) < 4.78 is 10.6. The summed E-state index contributed by atoms with van der Waals surface area (Å²) in [4.78, 5) is 12.4. The molecule has 0 saturated heterocycles. The lowest BCUT2D eigenvalue weighted by molar-refractivity contribution is -0.122. The number of nitrogens with zero attached hydrogens (tertiary/aromatic N) is 1. The topological polar surface area (TPSA) is 76.2 Å². The fourth-order valence-electron chi connectivity index (χ4n) is 2.79. The normalized spacial score (nSPS) is 13.9. The highest BCUT2D eigenvalue weighted by molar-refractivity contribution is 6.32. The van der Waals surface area contributed by atoms with E-state index in [1.54, 1.807) is 6.07 Å². The Morgan fingerprint density at radius 2 is 2.22 bits per heavy atom. The molecule has 2 N–H and O–H groups in total. The minimum absolute atomic E-state index is 0.0635. The zero-order valence-corrected chi connectivity index (χ0v) is 14.0. The highest BCUT2D eigenvalue weighted by atomic mass is 35.5. The number of benzene rings is 1. The Labute approximate surface area is 139 Å². The van der Waals surface area contributed by atoms with Gasteiger partial charge < -0.3 is 14.8 Å². The van der Waals surface area contributed by atoms with Gasteiger partial charge in [-0.3, -0.25) is 9.89 Å². The number of hydrogen-bond donors (Lipinski definition) is 2. The van der Waals surface area contributed by atoms with Crippen molar-refractivity contribution < 1.29 is 14.3 Å². The zero-order valence-electron chi connectivity index (χ0n) is 13.2. The van der Waals surface area contributed by atoms with E-state index in [0.29, 0.717) is 23.1 Å². The van der Waals surface area contributed by atoms with Crippen molar-refractivity contribution >= 4 is 17.5 Å². The summed E-state index contributed by atoms with van der Waals surface area (Å²) in [5, 5.41) is 10.4.